The fraction of sp³-hybridized carbons (Fsp3) is 0.556. The molecule has 140 valence electrons. The highest BCUT2D eigenvalue weighted by atomic mass is 16.5. The Labute approximate surface area is 153 Å². The van der Waals surface area contributed by atoms with Crippen LogP contribution in [0.4, 0.5) is 0 Å². The van der Waals surface area contributed by atoms with Gasteiger partial charge in [-0.05, 0) is 35.4 Å². The molecular weight excluding hydrogens is 332 g/mol. The molecule has 0 aliphatic carbocycles. The quantitative estimate of drug-likeness (QED) is 0.649. The van der Waals surface area contributed by atoms with Crippen molar-refractivity contribution in [2.24, 2.45) is 0 Å². The second kappa shape index (κ2) is 9.98. The van der Waals surface area contributed by atoms with Gasteiger partial charge in [-0.15, -0.1) is 5.10 Å². The van der Waals surface area contributed by atoms with Crippen LogP contribution in [0.25, 0.3) is 0 Å². The van der Waals surface area contributed by atoms with E-state index in [4.69, 9.17) is 4.74 Å². The number of carbonyl (C=O) groups excluding carboxylic acids is 1. The summed E-state index contributed by atoms with van der Waals surface area (Å²) in [6, 6.07) is 10.2. The molecule has 1 aromatic heterocycles. The van der Waals surface area contributed by atoms with Crippen molar-refractivity contribution in [1.29, 1.82) is 0 Å². The van der Waals surface area contributed by atoms with Crippen molar-refractivity contribution in [2.75, 3.05) is 39.4 Å². The molecule has 2 heterocycles. The van der Waals surface area contributed by atoms with Gasteiger partial charge in [-0.1, -0.05) is 30.3 Å². The van der Waals surface area contributed by atoms with Crippen LogP contribution >= 0.6 is 0 Å². The van der Waals surface area contributed by atoms with Crippen LogP contribution in [0.1, 0.15) is 17.8 Å². The summed E-state index contributed by atoms with van der Waals surface area (Å²) in [5.41, 5.74) is 1.22. The van der Waals surface area contributed by atoms with E-state index >= 15 is 0 Å². The summed E-state index contributed by atoms with van der Waals surface area (Å²) >= 11 is 0. The number of aromatic nitrogens is 4. The molecule has 1 fully saturated rings. The predicted molar refractivity (Wildman–Crippen MR) is 96.6 cm³/mol. The van der Waals surface area contributed by atoms with Crippen molar-refractivity contribution in [3.63, 3.8) is 0 Å². The molecule has 0 bridgehead atoms. The second-order valence-corrected chi connectivity index (χ2v) is 6.39. The van der Waals surface area contributed by atoms with Crippen molar-refractivity contribution in [3.8, 4) is 0 Å². The monoisotopic (exact) mass is 358 g/mol. The van der Waals surface area contributed by atoms with Gasteiger partial charge in [-0.25, -0.2) is 4.68 Å². The molecule has 1 aliphatic rings. The van der Waals surface area contributed by atoms with Crippen molar-refractivity contribution in [2.45, 2.75) is 25.8 Å². The fourth-order valence-electron chi connectivity index (χ4n) is 2.96. The number of nitrogens with zero attached hydrogens (tertiary/aromatic N) is 5. The molecule has 26 heavy (non-hydrogen) atoms. The third-order valence-electron chi connectivity index (χ3n) is 4.46. The molecule has 1 N–H and O–H groups in total. The summed E-state index contributed by atoms with van der Waals surface area (Å²) in [5, 5.41) is 14.7. The first-order valence-electron chi connectivity index (χ1n) is 9.17. The van der Waals surface area contributed by atoms with Crippen molar-refractivity contribution < 1.29 is 9.53 Å². The minimum Gasteiger partial charge on any atom is -0.379 e. The Hall–Kier alpha value is -2.32. The van der Waals surface area contributed by atoms with E-state index in [0.29, 0.717) is 18.9 Å². The van der Waals surface area contributed by atoms with E-state index in [1.54, 1.807) is 4.68 Å². The van der Waals surface area contributed by atoms with Crippen molar-refractivity contribution in [3.05, 3.63) is 41.7 Å². The molecule has 1 aliphatic heterocycles. The first-order chi connectivity index (χ1) is 12.8. The van der Waals surface area contributed by atoms with Gasteiger partial charge in [0.25, 0.3) is 0 Å². The summed E-state index contributed by atoms with van der Waals surface area (Å²) in [5.74, 6) is 0.564. The maximum absolute atomic E-state index is 12.1. The van der Waals surface area contributed by atoms with E-state index in [0.717, 1.165) is 45.7 Å². The van der Waals surface area contributed by atoms with E-state index in [9.17, 15) is 4.79 Å². The lowest BCUT2D eigenvalue weighted by atomic mass is 10.1. The summed E-state index contributed by atoms with van der Waals surface area (Å²) in [6.45, 7) is 5.88. The van der Waals surface area contributed by atoms with Crippen LogP contribution < -0.4 is 5.32 Å². The lowest BCUT2D eigenvalue weighted by Gasteiger charge is -2.26. The van der Waals surface area contributed by atoms with Gasteiger partial charge in [0.05, 0.1) is 19.6 Å². The largest absolute Gasteiger partial charge is 0.379 e. The average Bonchev–Trinajstić information content (AvgIpc) is 3.12. The first kappa shape index (κ1) is 18.5. The average molecular weight is 358 g/mol. The van der Waals surface area contributed by atoms with Gasteiger partial charge in [0, 0.05) is 26.2 Å². The number of hydrogen-bond acceptors (Lipinski definition) is 6. The standard InChI is InChI=1S/C18H26N6O2/c25-18(19-8-4-9-23-11-13-26-14-12-23)15-17-20-21-22-24(17)10-7-16-5-2-1-3-6-16/h1-3,5-6H,4,7-15H2,(H,19,25). The van der Waals surface area contributed by atoms with E-state index in [1.807, 2.05) is 18.2 Å². The number of hydrogen-bond donors (Lipinski definition) is 1. The Bertz CT molecular complexity index is 669. The highest BCUT2D eigenvalue weighted by Gasteiger charge is 2.12. The Kier molecular flexibility index (Phi) is 7.09. The molecule has 0 saturated carbocycles. The second-order valence-electron chi connectivity index (χ2n) is 6.39. The van der Waals surface area contributed by atoms with E-state index < -0.39 is 0 Å². The van der Waals surface area contributed by atoms with Crippen molar-refractivity contribution in [1.82, 2.24) is 30.4 Å². The number of carbonyl (C=O) groups is 1. The summed E-state index contributed by atoms with van der Waals surface area (Å²) in [4.78, 5) is 14.5. The highest BCUT2D eigenvalue weighted by molar-refractivity contribution is 5.77. The Balaban J connectivity index is 1.37. The third-order valence-corrected chi connectivity index (χ3v) is 4.46. The van der Waals surface area contributed by atoms with E-state index in [-0.39, 0.29) is 12.3 Å². The zero-order valence-corrected chi connectivity index (χ0v) is 15.0. The Morgan fingerprint density at radius 1 is 1.15 bits per heavy atom. The molecule has 3 rings (SSSR count). The van der Waals surface area contributed by atoms with E-state index in [1.165, 1.54) is 5.56 Å². The summed E-state index contributed by atoms with van der Waals surface area (Å²) in [7, 11) is 0. The highest BCUT2D eigenvalue weighted by Crippen LogP contribution is 2.03. The number of benzene rings is 1. The van der Waals surface area contributed by atoms with Gasteiger partial charge in [-0.3, -0.25) is 9.69 Å². The van der Waals surface area contributed by atoms with Crippen LogP contribution in [0.15, 0.2) is 30.3 Å². The molecule has 0 unspecified atom stereocenters. The van der Waals surface area contributed by atoms with Crippen LogP contribution in [0, 0.1) is 0 Å². The molecule has 1 amide bonds. The lowest BCUT2D eigenvalue weighted by molar-refractivity contribution is -0.120. The Morgan fingerprint density at radius 2 is 1.96 bits per heavy atom. The lowest BCUT2D eigenvalue weighted by Crippen LogP contribution is -2.38. The molecule has 2 aromatic rings. The van der Waals surface area contributed by atoms with Gasteiger partial charge in [-0.2, -0.15) is 0 Å². The summed E-state index contributed by atoms with van der Waals surface area (Å²) < 4.78 is 7.04. The number of morpholine rings is 1. The number of aryl methyl sites for hydroxylation is 2. The summed E-state index contributed by atoms with van der Waals surface area (Å²) in [6.07, 6.45) is 1.98. The smallest absolute Gasteiger partial charge is 0.227 e. The number of tetrazole rings is 1. The van der Waals surface area contributed by atoms with Gasteiger partial charge < -0.3 is 10.1 Å². The molecule has 1 aromatic carbocycles. The topological polar surface area (TPSA) is 85.2 Å². The molecule has 8 heteroatoms. The molecule has 0 radical (unpaired) electrons. The van der Waals surface area contributed by atoms with E-state index in [2.05, 4.69) is 37.9 Å². The molecule has 8 nitrogen and oxygen atoms in total. The fourth-order valence-corrected chi connectivity index (χ4v) is 2.96. The zero-order valence-electron chi connectivity index (χ0n) is 15.0. The number of nitrogens with one attached hydrogen (secondary N) is 1. The molecule has 1 saturated heterocycles. The number of amides is 1. The number of ether oxygens (including phenoxy) is 1. The first-order valence-corrected chi connectivity index (χ1v) is 9.17. The van der Waals surface area contributed by atoms with Gasteiger partial charge >= 0.3 is 0 Å². The molecule has 0 atom stereocenters. The third kappa shape index (κ3) is 5.89. The molecular formula is C18H26N6O2. The predicted octanol–water partition coefficient (Wildman–Crippen LogP) is 0.297. The van der Waals surface area contributed by atoms with Crippen LogP contribution in [0.3, 0.4) is 0 Å². The van der Waals surface area contributed by atoms with Gasteiger partial charge in [0.15, 0.2) is 5.82 Å². The van der Waals surface area contributed by atoms with Crippen LogP contribution in [0.2, 0.25) is 0 Å². The van der Waals surface area contributed by atoms with Crippen molar-refractivity contribution >= 4 is 5.91 Å². The van der Waals surface area contributed by atoms with Gasteiger partial charge in [0.2, 0.25) is 5.91 Å². The Morgan fingerprint density at radius 3 is 2.77 bits per heavy atom. The van der Waals surface area contributed by atoms with Crippen LogP contribution in [0.5, 0.6) is 0 Å². The normalized spacial score (nSPS) is 15.1. The van der Waals surface area contributed by atoms with Crippen LogP contribution in [-0.4, -0.2) is 70.4 Å². The minimum atomic E-state index is -0.0391. The van der Waals surface area contributed by atoms with Crippen LogP contribution in [-0.2, 0) is 28.9 Å². The number of rotatable bonds is 9. The molecule has 0 spiro atoms. The minimum absolute atomic E-state index is 0.0391. The maximum atomic E-state index is 12.1. The maximum Gasteiger partial charge on any atom is 0.227 e. The SMILES string of the molecule is O=C(Cc1nnnn1CCc1ccccc1)NCCCN1CCOCC1. The zero-order chi connectivity index (χ0) is 18.0. The van der Waals surface area contributed by atoms with Gasteiger partial charge in [0.1, 0.15) is 0 Å².